The zero-order valence-electron chi connectivity index (χ0n) is 17.5. The Hall–Kier alpha value is -2.78. The van der Waals surface area contributed by atoms with Gasteiger partial charge in [0.15, 0.2) is 0 Å². The predicted octanol–water partition coefficient (Wildman–Crippen LogP) is 1.85. The Morgan fingerprint density at radius 1 is 1.10 bits per heavy atom. The van der Waals surface area contributed by atoms with Gasteiger partial charge < -0.3 is 9.80 Å². The third-order valence-electron chi connectivity index (χ3n) is 6.13. The topological polar surface area (TPSA) is 87.8 Å². The van der Waals surface area contributed by atoms with E-state index in [9.17, 15) is 14.9 Å². The zero-order valence-corrected chi connectivity index (χ0v) is 17.5. The number of hydrogen-bond donors (Lipinski definition) is 0. The lowest BCUT2D eigenvalue weighted by atomic mass is 10.0. The summed E-state index contributed by atoms with van der Waals surface area (Å²) < 4.78 is 1.62. The van der Waals surface area contributed by atoms with Crippen LogP contribution in [0, 0.1) is 10.1 Å². The van der Waals surface area contributed by atoms with Crippen molar-refractivity contribution in [2.45, 2.75) is 18.9 Å². The molecule has 1 amide bonds. The normalized spacial score (nSPS) is 21.0. The second kappa shape index (κ2) is 8.53. The van der Waals surface area contributed by atoms with Crippen LogP contribution < -0.4 is 0 Å². The molecule has 2 aromatic rings. The number of rotatable bonds is 4. The molecule has 2 aliphatic rings. The van der Waals surface area contributed by atoms with Crippen LogP contribution in [0.15, 0.2) is 30.5 Å². The number of aromatic nitrogens is 2. The predicted molar refractivity (Wildman–Crippen MR) is 113 cm³/mol. The Bertz CT molecular complexity index is 917. The number of hydrogen-bond acceptors (Lipinski definition) is 6. The van der Waals surface area contributed by atoms with Crippen LogP contribution in [0.1, 0.15) is 23.2 Å². The number of likely N-dealkylation sites (tertiary alicyclic amines) is 1. The van der Waals surface area contributed by atoms with E-state index in [4.69, 9.17) is 0 Å². The number of piperidine rings is 1. The number of nitro groups is 1. The molecule has 4 rings (SSSR count). The Labute approximate surface area is 176 Å². The van der Waals surface area contributed by atoms with Crippen LogP contribution >= 0.6 is 0 Å². The van der Waals surface area contributed by atoms with Crippen LogP contribution in [-0.4, -0.2) is 87.7 Å². The molecule has 0 N–H and O–H groups in total. The quantitative estimate of drug-likeness (QED) is 0.563. The average Bonchev–Trinajstić information content (AvgIpc) is 3.15. The molecule has 9 nitrogen and oxygen atoms in total. The van der Waals surface area contributed by atoms with Crippen LogP contribution in [0.2, 0.25) is 0 Å². The summed E-state index contributed by atoms with van der Waals surface area (Å²) in [7, 11) is 3.96. The van der Waals surface area contributed by atoms with Crippen molar-refractivity contribution in [1.29, 1.82) is 0 Å². The van der Waals surface area contributed by atoms with Crippen molar-refractivity contribution in [3.63, 3.8) is 0 Å². The van der Waals surface area contributed by atoms with Crippen LogP contribution in [-0.2, 0) is 7.05 Å². The van der Waals surface area contributed by atoms with Crippen LogP contribution in [0.4, 0.5) is 5.69 Å². The molecule has 0 spiro atoms. The summed E-state index contributed by atoms with van der Waals surface area (Å²) in [6.45, 7) is 5.44. The number of piperazine rings is 1. The van der Waals surface area contributed by atoms with E-state index in [1.54, 1.807) is 30.1 Å². The average molecular weight is 412 g/mol. The standard InChI is InChI=1S/C21H28N6O3/c1-23-9-3-4-18(14-23)25-10-12-26(13-11-25)21(28)19-15-24(2)22-20(19)16-5-7-17(8-6-16)27(29)30/h5-8,15,18H,3-4,9-14H2,1-2H3. The van der Waals surface area contributed by atoms with E-state index in [1.807, 2.05) is 4.90 Å². The number of nitro benzene ring substituents is 1. The highest BCUT2D eigenvalue weighted by atomic mass is 16.6. The van der Waals surface area contributed by atoms with Crippen molar-refractivity contribution in [3.05, 3.63) is 46.1 Å². The van der Waals surface area contributed by atoms with Crippen molar-refractivity contribution in [2.24, 2.45) is 7.05 Å². The maximum atomic E-state index is 13.3. The highest BCUT2D eigenvalue weighted by Crippen LogP contribution is 2.26. The monoisotopic (exact) mass is 412 g/mol. The molecule has 2 fully saturated rings. The van der Waals surface area contributed by atoms with E-state index in [0.29, 0.717) is 36.0 Å². The van der Waals surface area contributed by atoms with Gasteiger partial charge in [-0.05, 0) is 38.6 Å². The number of aryl methyl sites for hydroxylation is 1. The molecule has 160 valence electrons. The fraction of sp³-hybridized carbons (Fsp3) is 0.524. The first kappa shape index (κ1) is 20.5. The second-order valence-electron chi connectivity index (χ2n) is 8.26. The van der Waals surface area contributed by atoms with Gasteiger partial charge in [0, 0.05) is 69.7 Å². The Kier molecular flexibility index (Phi) is 5.83. The summed E-state index contributed by atoms with van der Waals surface area (Å²) >= 11 is 0. The Morgan fingerprint density at radius 3 is 2.43 bits per heavy atom. The van der Waals surface area contributed by atoms with Gasteiger partial charge in [-0.25, -0.2) is 0 Å². The lowest BCUT2D eigenvalue weighted by Gasteiger charge is -2.42. The van der Waals surface area contributed by atoms with Gasteiger partial charge in [-0.15, -0.1) is 0 Å². The maximum Gasteiger partial charge on any atom is 0.269 e. The third kappa shape index (κ3) is 4.22. The van der Waals surface area contributed by atoms with Crippen molar-refractivity contribution in [3.8, 4) is 11.3 Å². The van der Waals surface area contributed by atoms with Crippen LogP contribution in [0.25, 0.3) is 11.3 Å². The minimum Gasteiger partial charge on any atom is -0.336 e. The summed E-state index contributed by atoms with van der Waals surface area (Å²) in [4.78, 5) is 30.5. The fourth-order valence-electron chi connectivity index (χ4n) is 4.50. The summed E-state index contributed by atoms with van der Waals surface area (Å²) in [5.41, 5.74) is 1.83. The Balaban J connectivity index is 1.46. The number of benzene rings is 1. The van der Waals surface area contributed by atoms with Gasteiger partial charge in [0.05, 0.1) is 10.5 Å². The van der Waals surface area contributed by atoms with Crippen LogP contribution in [0.3, 0.4) is 0 Å². The molecular formula is C21H28N6O3. The molecule has 9 heteroatoms. The number of amides is 1. The zero-order chi connectivity index (χ0) is 21.3. The summed E-state index contributed by atoms with van der Waals surface area (Å²) in [6, 6.07) is 6.76. The highest BCUT2D eigenvalue weighted by Gasteiger charge is 2.30. The molecule has 2 saturated heterocycles. The van der Waals surface area contributed by atoms with Gasteiger partial charge >= 0.3 is 0 Å². The molecule has 0 bridgehead atoms. The molecule has 2 aliphatic heterocycles. The molecular weight excluding hydrogens is 384 g/mol. The first-order chi connectivity index (χ1) is 14.4. The maximum absolute atomic E-state index is 13.3. The molecule has 1 aromatic heterocycles. The number of likely N-dealkylation sites (N-methyl/N-ethyl adjacent to an activating group) is 1. The number of carbonyl (C=O) groups is 1. The van der Waals surface area contributed by atoms with Crippen molar-refractivity contribution < 1.29 is 9.72 Å². The SMILES string of the molecule is CN1CCCC(N2CCN(C(=O)c3cn(C)nc3-c3ccc([N+](=O)[O-])cc3)CC2)C1. The lowest BCUT2D eigenvalue weighted by Crippen LogP contribution is -2.55. The fourth-order valence-corrected chi connectivity index (χ4v) is 4.50. The van der Waals surface area contributed by atoms with Gasteiger partial charge in [-0.1, -0.05) is 0 Å². The molecule has 1 unspecified atom stereocenters. The molecule has 0 saturated carbocycles. The van der Waals surface area contributed by atoms with Gasteiger partial charge in [-0.2, -0.15) is 5.10 Å². The van der Waals surface area contributed by atoms with Crippen molar-refractivity contribution in [2.75, 3.05) is 46.3 Å². The molecule has 0 aliphatic carbocycles. The second-order valence-corrected chi connectivity index (χ2v) is 8.26. The summed E-state index contributed by atoms with van der Waals surface area (Å²) in [5.74, 6) is -0.0307. The van der Waals surface area contributed by atoms with Crippen LogP contribution in [0.5, 0.6) is 0 Å². The molecule has 30 heavy (non-hydrogen) atoms. The smallest absolute Gasteiger partial charge is 0.269 e. The van der Waals surface area contributed by atoms with Gasteiger partial charge in [0.2, 0.25) is 0 Å². The van der Waals surface area contributed by atoms with Gasteiger partial charge in [0.1, 0.15) is 5.69 Å². The molecule has 1 atom stereocenters. The minimum atomic E-state index is -0.433. The molecule has 0 radical (unpaired) electrons. The summed E-state index contributed by atoms with van der Waals surface area (Å²) in [6.07, 6.45) is 4.20. The molecule has 1 aromatic carbocycles. The largest absolute Gasteiger partial charge is 0.336 e. The van der Waals surface area contributed by atoms with E-state index < -0.39 is 4.92 Å². The molecule has 3 heterocycles. The lowest BCUT2D eigenvalue weighted by molar-refractivity contribution is -0.384. The first-order valence-electron chi connectivity index (χ1n) is 10.4. The van der Waals surface area contributed by atoms with Gasteiger partial charge in [0.25, 0.3) is 11.6 Å². The third-order valence-corrected chi connectivity index (χ3v) is 6.13. The number of non-ortho nitro benzene ring substituents is 1. The Morgan fingerprint density at radius 2 is 1.80 bits per heavy atom. The van der Waals surface area contributed by atoms with E-state index in [1.165, 1.54) is 31.5 Å². The van der Waals surface area contributed by atoms with E-state index in [0.717, 1.165) is 19.6 Å². The van der Waals surface area contributed by atoms with Crippen molar-refractivity contribution >= 4 is 11.6 Å². The summed E-state index contributed by atoms with van der Waals surface area (Å²) in [5, 5.41) is 15.4. The minimum absolute atomic E-state index is 0.0204. The number of nitrogens with zero attached hydrogens (tertiary/aromatic N) is 6. The van der Waals surface area contributed by atoms with Gasteiger partial charge in [-0.3, -0.25) is 24.5 Å². The highest BCUT2D eigenvalue weighted by molar-refractivity contribution is 5.99. The van der Waals surface area contributed by atoms with E-state index in [2.05, 4.69) is 21.9 Å². The van der Waals surface area contributed by atoms with E-state index in [-0.39, 0.29) is 11.6 Å². The first-order valence-corrected chi connectivity index (χ1v) is 10.4. The van der Waals surface area contributed by atoms with E-state index >= 15 is 0 Å². The number of carbonyl (C=O) groups excluding carboxylic acids is 1. The van der Waals surface area contributed by atoms with Crippen molar-refractivity contribution in [1.82, 2.24) is 24.5 Å².